The molecule has 1 aromatic heterocycles. The molecule has 0 amide bonds. The summed E-state index contributed by atoms with van der Waals surface area (Å²) in [4.78, 5) is 0. The molecule has 2 heterocycles. The highest BCUT2D eigenvalue weighted by atomic mass is 32.2. The fraction of sp³-hybridized carbons (Fsp3) is 0.714. The molecule has 0 bridgehead atoms. The quantitative estimate of drug-likeness (QED) is 0.573. The number of hydrogen-bond donors (Lipinski definition) is 1. The average molecular weight is 350 g/mol. The van der Waals surface area contributed by atoms with Gasteiger partial charge >= 0.3 is 0 Å². The minimum absolute atomic E-state index is 0.194. The van der Waals surface area contributed by atoms with Crippen molar-refractivity contribution >= 4 is 21.5 Å². The lowest BCUT2D eigenvalue weighted by molar-refractivity contribution is 0.00839. The molecule has 8 heteroatoms. The van der Waals surface area contributed by atoms with Gasteiger partial charge in [0.05, 0.1) is 11.9 Å². The number of hydrogen-bond acceptors (Lipinski definition) is 6. The molecular weight excluding hydrogens is 328 g/mol. The smallest absolute Gasteiger partial charge is 0.267 e. The summed E-state index contributed by atoms with van der Waals surface area (Å²) in [5, 5.41) is 2.98. The zero-order chi connectivity index (χ0) is 16.2. The molecule has 0 saturated carbocycles. The average Bonchev–Trinajstić information content (AvgIpc) is 2.88. The topological polar surface area (TPSA) is 82.1 Å². The van der Waals surface area contributed by atoms with Crippen LogP contribution in [0.4, 0.5) is 0 Å². The molecule has 6 nitrogen and oxygen atoms in total. The largest absolute Gasteiger partial charge is 0.485 e. The normalized spacial score (nSPS) is 19.4. The van der Waals surface area contributed by atoms with Gasteiger partial charge in [-0.25, -0.2) is 0 Å². The van der Waals surface area contributed by atoms with Crippen molar-refractivity contribution in [3.05, 3.63) is 10.8 Å². The molecule has 22 heavy (non-hydrogen) atoms. The second kappa shape index (κ2) is 7.63. The Balaban J connectivity index is 1.72. The number of fused-ring (bicyclic) bond motifs is 1. The molecule has 0 saturated heterocycles. The van der Waals surface area contributed by atoms with Crippen LogP contribution >= 0.6 is 11.3 Å². The van der Waals surface area contributed by atoms with E-state index in [2.05, 4.69) is 0 Å². The lowest BCUT2D eigenvalue weighted by Crippen LogP contribution is -2.33. The van der Waals surface area contributed by atoms with Crippen molar-refractivity contribution in [3.8, 4) is 11.5 Å². The summed E-state index contributed by atoms with van der Waals surface area (Å²) in [7, 11) is -4.03. The van der Waals surface area contributed by atoms with Crippen LogP contribution < -0.4 is 9.47 Å². The van der Waals surface area contributed by atoms with Crippen LogP contribution in [0.3, 0.4) is 0 Å². The second-order valence-electron chi connectivity index (χ2n) is 5.78. The van der Waals surface area contributed by atoms with Crippen molar-refractivity contribution in [2.75, 3.05) is 19.8 Å². The molecule has 1 N–H and O–H groups in total. The third kappa shape index (κ3) is 5.12. The maximum Gasteiger partial charge on any atom is 0.267 e. The second-order valence-corrected chi connectivity index (χ2v) is 8.22. The van der Waals surface area contributed by atoms with Gasteiger partial charge in [-0.3, -0.25) is 4.55 Å². The Bertz CT molecular complexity index is 566. The Kier molecular flexibility index (Phi) is 6.08. The summed E-state index contributed by atoms with van der Waals surface area (Å²) in [6, 6.07) is 0. The Morgan fingerprint density at radius 2 is 2.14 bits per heavy atom. The molecule has 1 aliphatic heterocycles. The Morgan fingerprint density at radius 1 is 1.41 bits per heavy atom. The Morgan fingerprint density at radius 3 is 2.82 bits per heavy atom. The van der Waals surface area contributed by atoms with E-state index in [0.717, 1.165) is 11.5 Å². The van der Waals surface area contributed by atoms with E-state index in [1.54, 1.807) is 0 Å². The van der Waals surface area contributed by atoms with Gasteiger partial charge in [-0.05, 0) is 18.8 Å². The maximum absolute atomic E-state index is 11.3. The van der Waals surface area contributed by atoms with E-state index in [4.69, 9.17) is 14.2 Å². The molecule has 1 aromatic rings. The van der Waals surface area contributed by atoms with Gasteiger partial charge in [-0.2, -0.15) is 8.42 Å². The summed E-state index contributed by atoms with van der Waals surface area (Å²) >= 11 is 1.51. The lowest BCUT2D eigenvalue weighted by atomic mass is 10.1. The summed E-state index contributed by atoms with van der Waals surface area (Å²) in [6.45, 7) is 4.84. The van der Waals surface area contributed by atoms with Crippen LogP contribution in [0, 0.1) is 5.92 Å². The van der Waals surface area contributed by atoms with E-state index in [0.29, 0.717) is 19.6 Å². The third-order valence-electron chi connectivity index (χ3n) is 3.35. The maximum atomic E-state index is 11.3. The predicted octanol–water partition coefficient (Wildman–Crippen LogP) is 2.60. The van der Waals surface area contributed by atoms with Gasteiger partial charge in [0.15, 0.2) is 17.6 Å². The molecule has 126 valence electrons. The lowest BCUT2D eigenvalue weighted by Gasteiger charge is -2.24. The first-order valence-corrected chi connectivity index (χ1v) is 9.70. The molecule has 0 spiro atoms. The molecule has 2 atom stereocenters. The van der Waals surface area contributed by atoms with Gasteiger partial charge in [-0.15, -0.1) is 11.3 Å². The Labute approximate surface area is 135 Å². The van der Waals surface area contributed by atoms with Crippen LogP contribution in [0.5, 0.6) is 11.5 Å². The highest BCUT2D eigenvalue weighted by Crippen LogP contribution is 2.35. The van der Waals surface area contributed by atoms with Gasteiger partial charge in [0.2, 0.25) is 0 Å². The van der Waals surface area contributed by atoms with Crippen LogP contribution in [-0.2, 0) is 14.9 Å². The van der Waals surface area contributed by atoms with E-state index in [-0.39, 0.29) is 25.0 Å². The van der Waals surface area contributed by atoms with Crippen LogP contribution in [0.15, 0.2) is 10.8 Å². The fourth-order valence-corrected chi connectivity index (χ4v) is 3.98. The minimum Gasteiger partial charge on any atom is -0.485 e. The monoisotopic (exact) mass is 350 g/mol. The number of ether oxygens (including phenoxy) is 3. The van der Waals surface area contributed by atoms with Gasteiger partial charge in [-0.1, -0.05) is 13.8 Å². The van der Waals surface area contributed by atoms with Gasteiger partial charge < -0.3 is 14.2 Å². The fourth-order valence-electron chi connectivity index (χ4n) is 2.29. The van der Waals surface area contributed by atoms with Crippen LogP contribution in [0.1, 0.15) is 26.7 Å². The standard InChI is InChI=1S/C14H22O6S2/c1-10(2)5-12(22(15,16)17)3-4-18-6-11-7-19-13-8-21-9-14(13)20-11/h8-12H,3-7H2,1-2H3,(H,15,16,17). The zero-order valence-corrected chi connectivity index (χ0v) is 14.4. The minimum atomic E-state index is -4.03. The highest BCUT2D eigenvalue weighted by Gasteiger charge is 2.25. The summed E-state index contributed by atoms with van der Waals surface area (Å²) < 4.78 is 48.6. The first-order chi connectivity index (χ1) is 10.4. The molecule has 1 aliphatic rings. The van der Waals surface area contributed by atoms with Gasteiger partial charge in [0.25, 0.3) is 10.1 Å². The zero-order valence-electron chi connectivity index (χ0n) is 12.7. The highest BCUT2D eigenvalue weighted by molar-refractivity contribution is 7.86. The SMILES string of the molecule is CC(C)CC(CCOCC1COc2cscc2O1)S(=O)(=O)O. The van der Waals surface area contributed by atoms with Gasteiger partial charge in [0, 0.05) is 17.4 Å². The van der Waals surface area contributed by atoms with Crippen molar-refractivity contribution in [1.82, 2.24) is 0 Å². The predicted molar refractivity (Wildman–Crippen MR) is 84.5 cm³/mol. The van der Waals surface area contributed by atoms with Crippen LogP contribution in [0.25, 0.3) is 0 Å². The molecule has 0 aliphatic carbocycles. The summed E-state index contributed by atoms with van der Waals surface area (Å²) in [5.74, 6) is 1.67. The molecule has 2 unspecified atom stereocenters. The van der Waals surface area contributed by atoms with Gasteiger partial charge in [0.1, 0.15) is 6.61 Å². The summed E-state index contributed by atoms with van der Waals surface area (Å²) in [5.41, 5.74) is 0. The van der Waals surface area contributed by atoms with Crippen molar-refractivity contribution < 1.29 is 27.2 Å². The van der Waals surface area contributed by atoms with Crippen LogP contribution in [0.2, 0.25) is 0 Å². The number of thiophene rings is 1. The van der Waals surface area contributed by atoms with Crippen LogP contribution in [-0.4, -0.2) is 44.1 Å². The van der Waals surface area contributed by atoms with E-state index in [1.165, 1.54) is 11.3 Å². The Hall–Kier alpha value is -0.830. The van der Waals surface area contributed by atoms with Crippen molar-refractivity contribution in [2.24, 2.45) is 5.92 Å². The number of rotatable bonds is 8. The van der Waals surface area contributed by atoms with Crippen molar-refractivity contribution in [1.29, 1.82) is 0 Å². The molecule has 0 fully saturated rings. The molecule has 0 radical (unpaired) electrons. The van der Waals surface area contributed by atoms with Crippen molar-refractivity contribution in [3.63, 3.8) is 0 Å². The molecular formula is C14H22O6S2. The van der Waals surface area contributed by atoms with E-state index >= 15 is 0 Å². The third-order valence-corrected chi connectivity index (χ3v) is 5.33. The van der Waals surface area contributed by atoms with E-state index in [9.17, 15) is 13.0 Å². The van der Waals surface area contributed by atoms with Crippen molar-refractivity contribution in [2.45, 2.75) is 38.0 Å². The first-order valence-electron chi connectivity index (χ1n) is 7.26. The molecule has 0 aromatic carbocycles. The molecule has 2 rings (SSSR count). The van der Waals surface area contributed by atoms with E-state index in [1.807, 2.05) is 24.6 Å². The summed E-state index contributed by atoms with van der Waals surface area (Å²) in [6.07, 6.45) is 0.494. The van der Waals surface area contributed by atoms with E-state index < -0.39 is 15.4 Å². The first kappa shape index (κ1) is 17.5.